The summed E-state index contributed by atoms with van der Waals surface area (Å²) in [5.41, 5.74) is 15.2. The van der Waals surface area contributed by atoms with E-state index in [2.05, 4.69) is 22.1 Å². The molecule has 0 radical (unpaired) electrons. The molecule has 6 heteroatoms. The minimum absolute atomic E-state index is 0.108. The van der Waals surface area contributed by atoms with Crippen LogP contribution in [0.4, 0.5) is 11.8 Å². The molecule has 1 saturated carbocycles. The average molecular weight is 322 g/mol. The Labute approximate surface area is 139 Å². The molecule has 0 bridgehead atoms. The second-order valence-corrected chi connectivity index (χ2v) is 5.91. The molecule has 1 aromatic carbocycles. The molecule has 1 fully saturated rings. The highest BCUT2D eigenvalue weighted by molar-refractivity contribution is 5.98. The highest BCUT2D eigenvalue weighted by Gasteiger charge is 2.29. The van der Waals surface area contributed by atoms with E-state index < -0.39 is 0 Å². The number of nitrogens with zero attached hydrogens (tertiary/aromatic N) is 2. The molecule has 0 amide bonds. The van der Waals surface area contributed by atoms with Crippen LogP contribution in [0.2, 0.25) is 0 Å². The van der Waals surface area contributed by atoms with Crippen molar-refractivity contribution >= 4 is 34.5 Å². The van der Waals surface area contributed by atoms with Gasteiger partial charge in [0.1, 0.15) is 17.8 Å². The van der Waals surface area contributed by atoms with Crippen molar-refractivity contribution in [3.8, 4) is 5.75 Å². The number of rotatable bonds is 4. The molecule has 24 heavy (non-hydrogen) atoms. The maximum Gasteiger partial charge on any atom is 0.233 e. The standard InChI is InChI=1S/C18H18N4O2/c1-23-14-5-3-2-4-12(14)13(10-6-7-10)8-11-9-24-17-15(11)16(19)21-18(20)22-17/h2-5,8-10H,6-7H2,1H3,(H4,19,20,21,22)/b13-8+. The van der Waals surface area contributed by atoms with Gasteiger partial charge in [0.15, 0.2) is 0 Å². The summed E-state index contributed by atoms with van der Waals surface area (Å²) in [6, 6.07) is 8.02. The van der Waals surface area contributed by atoms with Gasteiger partial charge in [-0.15, -0.1) is 0 Å². The number of anilines is 2. The van der Waals surface area contributed by atoms with E-state index in [1.807, 2.05) is 18.2 Å². The second kappa shape index (κ2) is 5.56. The van der Waals surface area contributed by atoms with E-state index in [4.69, 9.17) is 20.6 Å². The van der Waals surface area contributed by atoms with Crippen molar-refractivity contribution in [3.05, 3.63) is 41.7 Å². The smallest absolute Gasteiger partial charge is 0.233 e. The Balaban J connectivity index is 1.88. The molecule has 1 aliphatic carbocycles. The molecule has 2 heterocycles. The zero-order valence-electron chi connectivity index (χ0n) is 13.3. The first-order chi connectivity index (χ1) is 11.7. The first-order valence-corrected chi connectivity index (χ1v) is 7.82. The fraction of sp³-hybridized carbons (Fsp3) is 0.222. The van der Waals surface area contributed by atoms with Crippen LogP contribution in [0.1, 0.15) is 24.0 Å². The summed E-state index contributed by atoms with van der Waals surface area (Å²) in [7, 11) is 1.69. The Kier molecular flexibility index (Phi) is 3.37. The van der Waals surface area contributed by atoms with E-state index in [0.29, 0.717) is 22.8 Å². The maximum absolute atomic E-state index is 6.02. The van der Waals surface area contributed by atoms with Crippen LogP contribution in [0.25, 0.3) is 22.7 Å². The second-order valence-electron chi connectivity index (χ2n) is 5.91. The van der Waals surface area contributed by atoms with Gasteiger partial charge in [-0.25, -0.2) is 0 Å². The number of furan rings is 1. The normalized spacial score (nSPS) is 15.0. The molecule has 0 atom stereocenters. The number of hydrogen-bond acceptors (Lipinski definition) is 6. The molecule has 0 unspecified atom stereocenters. The number of hydrogen-bond donors (Lipinski definition) is 2. The molecule has 0 aliphatic heterocycles. The molecule has 6 nitrogen and oxygen atoms in total. The van der Waals surface area contributed by atoms with E-state index in [1.54, 1.807) is 13.4 Å². The number of nitrogen functional groups attached to an aromatic ring is 2. The zero-order valence-corrected chi connectivity index (χ0v) is 13.3. The summed E-state index contributed by atoms with van der Waals surface area (Å²) < 4.78 is 11.0. The van der Waals surface area contributed by atoms with E-state index in [0.717, 1.165) is 16.9 Å². The number of allylic oxidation sites excluding steroid dienone is 1. The van der Waals surface area contributed by atoms with Gasteiger partial charge in [0.05, 0.1) is 12.5 Å². The Hall–Kier alpha value is -3.02. The van der Waals surface area contributed by atoms with Gasteiger partial charge in [0, 0.05) is 11.1 Å². The van der Waals surface area contributed by atoms with Crippen LogP contribution < -0.4 is 16.2 Å². The lowest BCUT2D eigenvalue weighted by molar-refractivity contribution is 0.413. The Bertz CT molecular complexity index is 941. The number of aromatic nitrogens is 2. The van der Waals surface area contributed by atoms with Crippen LogP contribution in [-0.2, 0) is 0 Å². The predicted molar refractivity (Wildman–Crippen MR) is 94.2 cm³/mol. The maximum atomic E-state index is 6.02. The fourth-order valence-corrected chi connectivity index (χ4v) is 2.98. The van der Waals surface area contributed by atoms with Crippen LogP contribution in [0, 0.1) is 5.92 Å². The fourth-order valence-electron chi connectivity index (χ4n) is 2.98. The van der Waals surface area contributed by atoms with Crippen molar-refractivity contribution in [1.29, 1.82) is 0 Å². The minimum atomic E-state index is 0.108. The number of benzene rings is 1. The number of ether oxygens (including phenoxy) is 1. The van der Waals surface area contributed by atoms with Crippen molar-refractivity contribution in [3.63, 3.8) is 0 Å². The SMILES string of the molecule is COc1ccccc1/C(=C/c1coc2nc(N)nc(N)c12)C1CC1. The predicted octanol–water partition coefficient (Wildman–Crippen LogP) is 3.35. The van der Waals surface area contributed by atoms with Crippen LogP contribution in [0.3, 0.4) is 0 Å². The van der Waals surface area contributed by atoms with Gasteiger partial charge in [-0.2, -0.15) is 9.97 Å². The van der Waals surface area contributed by atoms with Gasteiger partial charge >= 0.3 is 0 Å². The first-order valence-electron chi connectivity index (χ1n) is 7.82. The Morgan fingerprint density at radius 2 is 2.04 bits per heavy atom. The van der Waals surface area contributed by atoms with Crippen molar-refractivity contribution < 1.29 is 9.15 Å². The molecule has 0 spiro atoms. The summed E-state index contributed by atoms with van der Waals surface area (Å²) in [4.78, 5) is 8.14. The molecule has 122 valence electrons. The van der Waals surface area contributed by atoms with Gasteiger partial charge in [0.2, 0.25) is 11.7 Å². The van der Waals surface area contributed by atoms with E-state index in [-0.39, 0.29) is 5.95 Å². The monoisotopic (exact) mass is 322 g/mol. The van der Waals surface area contributed by atoms with Crippen LogP contribution >= 0.6 is 0 Å². The molecule has 2 aromatic heterocycles. The summed E-state index contributed by atoms with van der Waals surface area (Å²) in [5.74, 6) is 1.81. The summed E-state index contributed by atoms with van der Waals surface area (Å²) >= 11 is 0. The largest absolute Gasteiger partial charge is 0.496 e. The van der Waals surface area contributed by atoms with Gasteiger partial charge in [-0.1, -0.05) is 18.2 Å². The number of nitrogens with two attached hydrogens (primary N) is 2. The van der Waals surface area contributed by atoms with Crippen LogP contribution in [0.15, 0.2) is 34.9 Å². The first kappa shape index (κ1) is 14.6. The lowest BCUT2D eigenvalue weighted by atomic mass is 9.98. The average Bonchev–Trinajstić information content (AvgIpc) is 3.33. The third-order valence-corrected chi connectivity index (χ3v) is 4.25. The van der Waals surface area contributed by atoms with Crippen molar-refractivity contribution in [1.82, 2.24) is 9.97 Å². The van der Waals surface area contributed by atoms with E-state index in [9.17, 15) is 0 Å². The van der Waals surface area contributed by atoms with Crippen LogP contribution in [0.5, 0.6) is 5.75 Å². The number of para-hydroxylation sites is 1. The highest BCUT2D eigenvalue weighted by Crippen LogP contribution is 2.46. The molecule has 1 aliphatic rings. The molecule has 4 N–H and O–H groups in total. The van der Waals surface area contributed by atoms with E-state index in [1.165, 1.54) is 18.4 Å². The number of fused-ring (bicyclic) bond motifs is 1. The van der Waals surface area contributed by atoms with Crippen molar-refractivity contribution in [2.75, 3.05) is 18.6 Å². The quantitative estimate of drug-likeness (QED) is 0.764. The topological polar surface area (TPSA) is 100 Å². The zero-order chi connectivity index (χ0) is 16.7. The Morgan fingerprint density at radius 3 is 2.79 bits per heavy atom. The molecule has 3 aromatic rings. The Morgan fingerprint density at radius 1 is 1.25 bits per heavy atom. The van der Waals surface area contributed by atoms with Crippen molar-refractivity contribution in [2.45, 2.75) is 12.8 Å². The molecule has 0 saturated heterocycles. The molecule has 4 rings (SSSR count). The van der Waals surface area contributed by atoms with Crippen LogP contribution in [-0.4, -0.2) is 17.1 Å². The summed E-state index contributed by atoms with van der Waals surface area (Å²) in [5, 5.41) is 0.692. The van der Waals surface area contributed by atoms with Gasteiger partial charge in [-0.05, 0) is 36.5 Å². The third-order valence-electron chi connectivity index (χ3n) is 4.25. The summed E-state index contributed by atoms with van der Waals surface area (Å²) in [6.45, 7) is 0. The van der Waals surface area contributed by atoms with Gasteiger partial charge in [-0.3, -0.25) is 0 Å². The molecular weight excluding hydrogens is 304 g/mol. The minimum Gasteiger partial charge on any atom is -0.496 e. The van der Waals surface area contributed by atoms with Gasteiger partial charge < -0.3 is 20.6 Å². The third kappa shape index (κ3) is 2.46. The van der Waals surface area contributed by atoms with Gasteiger partial charge in [0.25, 0.3) is 0 Å². The van der Waals surface area contributed by atoms with Crippen molar-refractivity contribution in [2.24, 2.45) is 5.92 Å². The van der Waals surface area contributed by atoms with E-state index >= 15 is 0 Å². The highest BCUT2D eigenvalue weighted by atomic mass is 16.5. The summed E-state index contributed by atoms with van der Waals surface area (Å²) in [6.07, 6.45) is 6.07. The molecular formula is C18H18N4O2. The lowest BCUT2D eigenvalue weighted by Gasteiger charge is -2.11. The number of methoxy groups -OCH3 is 1. The lowest BCUT2D eigenvalue weighted by Crippen LogP contribution is -1.99.